The number of nitrogens with one attached hydrogen (secondary N) is 1. The van der Waals surface area contributed by atoms with Gasteiger partial charge in [-0.25, -0.2) is 4.39 Å². The van der Waals surface area contributed by atoms with Crippen LogP contribution in [0.5, 0.6) is 11.5 Å². The maximum atomic E-state index is 13.8. The summed E-state index contributed by atoms with van der Waals surface area (Å²) < 4.78 is 25.2. The minimum absolute atomic E-state index is 0.178. The van der Waals surface area contributed by atoms with Gasteiger partial charge in [0.25, 0.3) is 0 Å². The van der Waals surface area contributed by atoms with E-state index in [-0.39, 0.29) is 12.4 Å². The summed E-state index contributed by atoms with van der Waals surface area (Å²) in [5.41, 5.74) is 1.56. The third kappa shape index (κ3) is 6.34. The molecule has 0 aliphatic carbocycles. The molecular weight excluding hydrogens is 329 g/mol. The molecule has 2 rings (SSSR count). The Labute approximate surface area is 156 Å². The van der Waals surface area contributed by atoms with E-state index in [9.17, 15) is 4.39 Å². The second-order valence-electron chi connectivity index (χ2n) is 6.42. The highest BCUT2D eigenvalue weighted by Gasteiger charge is 2.12. The number of para-hydroxylation sites is 1. The van der Waals surface area contributed by atoms with Gasteiger partial charge in [0.15, 0.2) is 11.5 Å². The Hall–Kier alpha value is -2.07. The molecule has 4 heteroatoms. The molecule has 0 aliphatic rings. The normalized spacial score (nSPS) is 10.7. The van der Waals surface area contributed by atoms with Crippen LogP contribution in [0.3, 0.4) is 0 Å². The molecule has 2 aromatic rings. The van der Waals surface area contributed by atoms with Gasteiger partial charge in [-0.2, -0.15) is 0 Å². The molecule has 0 amide bonds. The van der Waals surface area contributed by atoms with Crippen molar-refractivity contribution in [1.82, 2.24) is 5.32 Å². The molecule has 0 aromatic heterocycles. The van der Waals surface area contributed by atoms with Crippen molar-refractivity contribution in [3.8, 4) is 11.5 Å². The summed E-state index contributed by atoms with van der Waals surface area (Å²) in [6.07, 6.45) is 6.31. The third-order valence-electron chi connectivity index (χ3n) is 4.38. The Morgan fingerprint density at radius 1 is 0.923 bits per heavy atom. The quantitative estimate of drug-likeness (QED) is 0.510. The first kappa shape index (κ1) is 20.2. The van der Waals surface area contributed by atoms with Crippen LogP contribution in [0.2, 0.25) is 0 Å². The van der Waals surface area contributed by atoms with Gasteiger partial charge in [-0.05, 0) is 25.1 Å². The van der Waals surface area contributed by atoms with Crippen molar-refractivity contribution in [3.05, 3.63) is 59.4 Å². The molecule has 3 nitrogen and oxygen atoms in total. The lowest BCUT2D eigenvalue weighted by atomic mass is 10.1. The van der Waals surface area contributed by atoms with Crippen molar-refractivity contribution >= 4 is 0 Å². The smallest absolute Gasteiger partial charge is 0.166 e. The lowest BCUT2D eigenvalue weighted by molar-refractivity contribution is 0.276. The molecule has 26 heavy (non-hydrogen) atoms. The van der Waals surface area contributed by atoms with Crippen molar-refractivity contribution in [2.75, 3.05) is 13.7 Å². The Morgan fingerprint density at radius 2 is 1.69 bits per heavy atom. The summed E-state index contributed by atoms with van der Waals surface area (Å²) >= 11 is 0. The van der Waals surface area contributed by atoms with Gasteiger partial charge in [-0.3, -0.25) is 0 Å². The van der Waals surface area contributed by atoms with Crippen LogP contribution >= 0.6 is 0 Å². The molecular formula is C22H30FNO2. The molecule has 1 N–H and O–H groups in total. The molecule has 0 saturated carbocycles. The minimum atomic E-state index is -0.255. The number of ether oxygens (including phenoxy) is 2. The highest BCUT2D eigenvalue weighted by atomic mass is 19.1. The number of hydrogen-bond donors (Lipinski definition) is 1. The molecule has 0 fully saturated rings. The van der Waals surface area contributed by atoms with E-state index >= 15 is 0 Å². The van der Waals surface area contributed by atoms with E-state index in [0.717, 1.165) is 12.1 Å². The summed E-state index contributed by atoms with van der Waals surface area (Å²) in [7, 11) is 1.62. The van der Waals surface area contributed by atoms with Gasteiger partial charge in [-0.15, -0.1) is 0 Å². The van der Waals surface area contributed by atoms with Crippen molar-refractivity contribution < 1.29 is 13.9 Å². The fourth-order valence-corrected chi connectivity index (χ4v) is 2.87. The van der Waals surface area contributed by atoms with Gasteiger partial charge < -0.3 is 14.8 Å². The van der Waals surface area contributed by atoms with E-state index in [4.69, 9.17) is 9.47 Å². The summed E-state index contributed by atoms with van der Waals surface area (Å²) in [6, 6.07) is 12.5. The monoisotopic (exact) mass is 359 g/mol. The van der Waals surface area contributed by atoms with E-state index in [1.807, 2.05) is 24.3 Å². The number of rotatable bonds is 12. The molecule has 0 spiro atoms. The van der Waals surface area contributed by atoms with Gasteiger partial charge in [0.05, 0.1) is 7.11 Å². The van der Waals surface area contributed by atoms with Gasteiger partial charge in [0, 0.05) is 17.7 Å². The Balaban J connectivity index is 1.93. The first-order chi connectivity index (χ1) is 12.8. The van der Waals surface area contributed by atoms with Crippen LogP contribution in [-0.2, 0) is 13.2 Å². The zero-order chi connectivity index (χ0) is 18.6. The second-order valence-corrected chi connectivity index (χ2v) is 6.42. The van der Waals surface area contributed by atoms with Crippen LogP contribution in [0.1, 0.15) is 50.2 Å². The maximum Gasteiger partial charge on any atom is 0.166 e. The van der Waals surface area contributed by atoms with E-state index in [0.29, 0.717) is 23.6 Å². The van der Waals surface area contributed by atoms with Crippen molar-refractivity contribution in [2.45, 2.75) is 52.2 Å². The topological polar surface area (TPSA) is 30.5 Å². The Bertz CT molecular complexity index is 660. The first-order valence-electron chi connectivity index (χ1n) is 9.49. The van der Waals surface area contributed by atoms with E-state index in [2.05, 4.69) is 12.2 Å². The van der Waals surface area contributed by atoms with E-state index < -0.39 is 0 Å². The lowest BCUT2D eigenvalue weighted by Crippen LogP contribution is -2.15. The van der Waals surface area contributed by atoms with Gasteiger partial charge >= 0.3 is 0 Å². The zero-order valence-electron chi connectivity index (χ0n) is 15.9. The van der Waals surface area contributed by atoms with Gasteiger partial charge in [0.1, 0.15) is 12.4 Å². The zero-order valence-corrected chi connectivity index (χ0v) is 15.9. The predicted octanol–water partition coefficient (Wildman–Crippen LogP) is 5.47. The van der Waals surface area contributed by atoms with Crippen LogP contribution in [0.25, 0.3) is 0 Å². The highest BCUT2D eigenvalue weighted by Crippen LogP contribution is 2.32. The summed E-state index contributed by atoms with van der Waals surface area (Å²) in [5.74, 6) is 1.09. The number of hydrogen-bond acceptors (Lipinski definition) is 3. The van der Waals surface area contributed by atoms with E-state index in [1.54, 1.807) is 19.2 Å². The number of halogens is 1. The average Bonchev–Trinajstić information content (AvgIpc) is 2.67. The molecule has 0 atom stereocenters. The Morgan fingerprint density at radius 3 is 2.46 bits per heavy atom. The largest absolute Gasteiger partial charge is 0.493 e. The van der Waals surface area contributed by atoms with Crippen LogP contribution in [0.4, 0.5) is 4.39 Å². The molecule has 0 unspecified atom stereocenters. The number of unbranched alkanes of at least 4 members (excludes halogenated alkanes) is 4. The second kappa shape index (κ2) is 11.5. The standard InChI is InChI=1S/C22H30FNO2/c1-3-4-5-6-9-15-24-16-18-12-10-14-21(25-2)22(18)26-17-19-11-7-8-13-20(19)23/h7-8,10-14,24H,3-6,9,15-17H2,1-2H3. The Kier molecular flexibility index (Phi) is 8.98. The lowest BCUT2D eigenvalue weighted by Gasteiger charge is -2.16. The minimum Gasteiger partial charge on any atom is -0.493 e. The van der Waals surface area contributed by atoms with Gasteiger partial charge in [-0.1, -0.05) is 62.9 Å². The van der Waals surface area contributed by atoms with Crippen LogP contribution < -0.4 is 14.8 Å². The van der Waals surface area contributed by atoms with Crippen LogP contribution in [-0.4, -0.2) is 13.7 Å². The molecule has 0 heterocycles. The number of methoxy groups -OCH3 is 1. The van der Waals surface area contributed by atoms with Crippen molar-refractivity contribution in [2.24, 2.45) is 0 Å². The molecule has 0 radical (unpaired) electrons. The predicted molar refractivity (Wildman–Crippen MR) is 104 cm³/mol. The highest BCUT2D eigenvalue weighted by molar-refractivity contribution is 5.46. The van der Waals surface area contributed by atoms with Crippen molar-refractivity contribution in [3.63, 3.8) is 0 Å². The SMILES string of the molecule is CCCCCCCNCc1cccc(OC)c1OCc1ccccc1F. The number of benzene rings is 2. The first-order valence-corrected chi connectivity index (χ1v) is 9.49. The van der Waals surface area contributed by atoms with Crippen molar-refractivity contribution in [1.29, 1.82) is 0 Å². The molecule has 0 saturated heterocycles. The van der Waals surface area contributed by atoms with Gasteiger partial charge in [0.2, 0.25) is 0 Å². The molecule has 0 bridgehead atoms. The molecule has 0 aliphatic heterocycles. The van der Waals surface area contributed by atoms with Crippen LogP contribution in [0, 0.1) is 5.82 Å². The average molecular weight is 359 g/mol. The summed E-state index contributed by atoms with van der Waals surface area (Å²) in [5, 5.41) is 3.47. The van der Waals surface area contributed by atoms with Crippen LogP contribution in [0.15, 0.2) is 42.5 Å². The third-order valence-corrected chi connectivity index (χ3v) is 4.38. The maximum absolute atomic E-state index is 13.8. The fraction of sp³-hybridized carbons (Fsp3) is 0.455. The fourth-order valence-electron chi connectivity index (χ4n) is 2.87. The summed E-state index contributed by atoms with van der Waals surface area (Å²) in [6.45, 7) is 4.09. The summed E-state index contributed by atoms with van der Waals surface area (Å²) in [4.78, 5) is 0. The molecule has 2 aromatic carbocycles. The molecule has 142 valence electrons. The van der Waals surface area contributed by atoms with E-state index in [1.165, 1.54) is 38.2 Å².